The lowest BCUT2D eigenvalue weighted by atomic mass is 10.2. The van der Waals surface area contributed by atoms with E-state index in [1.807, 2.05) is 44.2 Å². The Balaban J connectivity index is 2.01. The number of imidazole rings is 1. The number of amides is 3. The van der Waals surface area contributed by atoms with Crippen LogP contribution in [0.5, 0.6) is 0 Å². The second kappa shape index (κ2) is 10.7. The SMILES string of the molecule is COCCn1cnc2c1c(=O)n(CC(=O)NC(=O)NCC(C)C)c(=O)n2Cc1ccccc1. The molecule has 0 saturated heterocycles. The minimum atomic E-state index is -0.774. The molecule has 0 unspecified atom stereocenters. The van der Waals surface area contributed by atoms with Gasteiger partial charge in [0.15, 0.2) is 11.2 Å². The Morgan fingerprint density at radius 2 is 1.85 bits per heavy atom. The lowest BCUT2D eigenvalue weighted by Gasteiger charge is -2.13. The van der Waals surface area contributed by atoms with Gasteiger partial charge in [-0.25, -0.2) is 19.1 Å². The van der Waals surface area contributed by atoms with Gasteiger partial charge >= 0.3 is 11.7 Å². The third kappa shape index (κ3) is 5.75. The molecular weight excluding hydrogens is 428 g/mol. The summed E-state index contributed by atoms with van der Waals surface area (Å²) in [4.78, 5) is 55.1. The monoisotopic (exact) mass is 456 g/mol. The van der Waals surface area contributed by atoms with Gasteiger partial charge in [-0.1, -0.05) is 44.2 Å². The highest BCUT2D eigenvalue weighted by atomic mass is 16.5. The number of ether oxygens (including phenoxy) is 1. The molecule has 0 aliphatic heterocycles. The third-order valence-corrected chi connectivity index (χ3v) is 4.93. The van der Waals surface area contributed by atoms with E-state index < -0.39 is 29.7 Å². The van der Waals surface area contributed by atoms with Crippen molar-refractivity contribution in [2.24, 2.45) is 5.92 Å². The number of carbonyl (C=O) groups is 2. The summed E-state index contributed by atoms with van der Waals surface area (Å²) in [6, 6.07) is 8.56. The highest BCUT2D eigenvalue weighted by Gasteiger charge is 2.20. The molecule has 11 nitrogen and oxygen atoms in total. The fraction of sp³-hybridized carbons (Fsp3) is 0.409. The van der Waals surface area contributed by atoms with Crippen molar-refractivity contribution in [1.29, 1.82) is 0 Å². The van der Waals surface area contributed by atoms with Crippen molar-refractivity contribution in [3.05, 3.63) is 63.1 Å². The first kappa shape index (κ1) is 23.9. The van der Waals surface area contributed by atoms with Gasteiger partial charge in [0.25, 0.3) is 5.56 Å². The minimum Gasteiger partial charge on any atom is -0.383 e. The number of hydrogen-bond acceptors (Lipinski definition) is 6. The first-order valence-corrected chi connectivity index (χ1v) is 10.6. The van der Waals surface area contributed by atoms with Gasteiger partial charge in [-0.2, -0.15) is 0 Å². The second-order valence-corrected chi connectivity index (χ2v) is 8.00. The largest absolute Gasteiger partial charge is 0.383 e. The smallest absolute Gasteiger partial charge is 0.333 e. The number of aromatic nitrogens is 4. The van der Waals surface area contributed by atoms with Gasteiger partial charge in [-0.3, -0.25) is 19.5 Å². The summed E-state index contributed by atoms with van der Waals surface area (Å²) in [6.07, 6.45) is 1.47. The molecule has 11 heteroatoms. The van der Waals surface area contributed by atoms with Crippen LogP contribution in [0.4, 0.5) is 4.79 Å². The predicted molar refractivity (Wildman–Crippen MR) is 122 cm³/mol. The first-order valence-electron chi connectivity index (χ1n) is 10.6. The molecular formula is C22H28N6O5. The Morgan fingerprint density at radius 1 is 1.12 bits per heavy atom. The van der Waals surface area contributed by atoms with E-state index in [1.54, 1.807) is 4.57 Å². The van der Waals surface area contributed by atoms with Crippen LogP contribution in [0.3, 0.4) is 0 Å². The molecule has 3 rings (SSSR count). The van der Waals surface area contributed by atoms with E-state index in [2.05, 4.69) is 15.6 Å². The Hall–Kier alpha value is -3.73. The van der Waals surface area contributed by atoms with Crippen LogP contribution in [0.25, 0.3) is 11.2 Å². The van der Waals surface area contributed by atoms with Crippen LogP contribution in [0.1, 0.15) is 19.4 Å². The van der Waals surface area contributed by atoms with E-state index in [4.69, 9.17) is 4.74 Å². The van der Waals surface area contributed by atoms with Crippen molar-refractivity contribution in [3.8, 4) is 0 Å². The quantitative estimate of drug-likeness (QED) is 0.483. The summed E-state index contributed by atoms with van der Waals surface area (Å²) >= 11 is 0. The summed E-state index contributed by atoms with van der Waals surface area (Å²) in [5.41, 5.74) is -0.122. The highest BCUT2D eigenvalue weighted by molar-refractivity contribution is 5.94. The van der Waals surface area contributed by atoms with E-state index in [-0.39, 0.29) is 23.6 Å². The normalized spacial score (nSPS) is 11.2. The van der Waals surface area contributed by atoms with Crippen molar-refractivity contribution >= 4 is 23.1 Å². The van der Waals surface area contributed by atoms with Crippen molar-refractivity contribution in [1.82, 2.24) is 29.3 Å². The number of benzene rings is 1. The van der Waals surface area contributed by atoms with Gasteiger partial charge in [0.05, 0.1) is 19.5 Å². The fourth-order valence-corrected chi connectivity index (χ4v) is 3.30. The highest BCUT2D eigenvalue weighted by Crippen LogP contribution is 2.10. The molecule has 0 aliphatic rings. The van der Waals surface area contributed by atoms with Crippen LogP contribution in [0.15, 0.2) is 46.2 Å². The molecule has 0 fully saturated rings. The summed E-state index contributed by atoms with van der Waals surface area (Å²) in [5, 5.41) is 4.72. The Morgan fingerprint density at radius 3 is 2.52 bits per heavy atom. The molecule has 0 spiro atoms. The molecule has 3 amide bonds. The number of hydrogen-bond donors (Lipinski definition) is 2. The van der Waals surface area contributed by atoms with Gasteiger partial charge in [0, 0.05) is 20.2 Å². The lowest BCUT2D eigenvalue weighted by molar-refractivity contribution is -0.120. The molecule has 33 heavy (non-hydrogen) atoms. The predicted octanol–water partition coefficient (Wildman–Crippen LogP) is 0.536. The molecule has 3 aromatic rings. The number of urea groups is 1. The van der Waals surface area contributed by atoms with Crippen LogP contribution in [0, 0.1) is 5.92 Å². The van der Waals surface area contributed by atoms with Gasteiger partial charge in [-0.05, 0) is 11.5 Å². The first-order chi connectivity index (χ1) is 15.8. The molecule has 0 saturated carbocycles. The van der Waals surface area contributed by atoms with E-state index in [9.17, 15) is 19.2 Å². The van der Waals surface area contributed by atoms with Crippen LogP contribution in [-0.4, -0.2) is 50.9 Å². The molecule has 1 aromatic carbocycles. The van der Waals surface area contributed by atoms with E-state index in [0.717, 1.165) is 10.1 Å². The average Bonchev–Trinajstić information content (AvgIpc) is 3.21. The van der Waals surface area contributed by atoms with Crippen LogP contribution in [-0.2, 0) is 29.2 Å². The number of nitrogens with zero attached hydrogens (tertiary/aromatic N) is 4. The number of fused-ring (bicyclic) bond motifs is 1. The van der Waals surface area contributed by atoms with Crippen molar-refractivity contribution in [2.45, 2.75) is 33.5 Å². The third-order valence-electron chi connectivity index (χ3n) is 4.93. The fourth-order valence-electron chi connectivity index (χ4n) is 3.30. The number of nitrogens with one attached hydrogen (secondary N) is 2. The summed E-state index contributed by atoms with van der Waals surface area (Å²) in [6.45, 7) is 4.45. The molecule has 0 bridgehead atoms. The maximum atomic E-state index is 13.2. The molecule has 0 atom stereocenters. The maximum Gasteiger partial charge on any atom is 0.333 e. The lowest BCUT2D eigenvalue weighted by Crippen LogP contribution is -2.47. The van der Waals surface area contributed by atoms with Gasteiger partial charge in [0.2, 0.25) is 5.91 Å². The molecule has 0 radical (unpaired) electrons. The molecule has 2 N–H and O–H groups in total. The van der Waals surface area contributed by atoms with Gasteiger partial charge < -0.3 is 14.6 Å². The Labute approximate surface area is 190 Å². The zero-order chi connectivity index (χ0) is 24.0. The number of rotatable bonds is 9. The topological polar surface area (TPSA) is 129 Å². The minimum absolute atomic E-state index is 0.161. The number of carbonyl (C=O) groups excluding carboxylic acids is 2. The number of imide groups is 1. The summed E-state index contributed by atoms with van der Waals surface area (Å²) in [5.74, 6) is -0.572. The van der Waals surface area contributed by atoms with Crippen molar-refractivity contribution < 1.29 is 14.3 Å². The Bertz CT molecular complexity index is 1240. The van der Waals surface area contributed by atoms with E-state index in [0.29, 0.717) is 19.7 Å². The summed E-state index contributed by atoms with van der Waals surface area (Å²) in [7, 11) is 1.54. The molecule has 2 aromatic heterocycles. The van der Waals surface area contributed by atoms with Crippen LogP contribution < -0.4 is 21.9 Å². The van der Waals surface area contributed by atoms with Gasteiger partial charge in [-0.15, -0.1) is 0 Å². The Kier molecular flexibility index (Phi) is 7.78. The van der Waals surface area contributed by atoms with E-state index in [1.165, 1.54) is 18.0 Å². The zero-order valence-corrected chi connectivity index (χ0v) is 18.9. The second-order valence-electron chi connectivity index (χ2n) is 8.00. The van der Waals surface area contributed by atoms with Crippen LogP contribution >= 0.6 is 0 Å². The average molecular weight is 457 g/mol. The van der Waals surface area contributed by atoms with Crippen molar-refractivity contribution in [3.63, 3.8) is 0 Å². The maximum absolute atomic E-state index is 13.2. The van der Waals surface area contributed by atoms with Gasteiger partial charge in [0.1, 0.15) is 6.54 Å². The van der Waals surface area contributed by atoms with E-state index >= 15 is 0 Å². The zero-order valence-electron chi connectivity index (χ0n) is 18.9. The van der Waals surface area contributed by atoms with Crippen molar-refractivity contribution in [2.75, 3.05) is 20.3 Å². The molecule has 2 heterocycles. The van der Waals surface area contributed by atoms with Crippen LogP contribution in [0.2, 0.25) is 0 Å². The molecule has 0 aliphatic carbocycles. The standard InChI is InChI=1S/C22H28N6O5/c1-15(2)11-23-21(31)25-17(29)13-28-20(30)18-19(24-14-26(18)9-10-33-3)27(22(28)32)12-16-7-5-4-6-8-16/h4-8,14-15H,9-13H2,1-3H3,(H2,23,25,29,31). The molecule has 176 valence electrons. The number of methoxy groups -OCH3 is 1. The summed E-state index contributed by atoms with van der Waals surface area (Å²) < 4.78 is 8.86.